The van der Waals surface area contributed by atoms with Gasteiger partial charge >= 0.3 is 0 Å². The molecule has 7 rings (SSSR count). The smallest absolute Gasteiger partial charge is 0.128 e. The molecular formula is C47H52N4O. The van der Waals surface area contributed by atoms with Crippen LogP contribution in [0.15, 0.2) is 127 Å². The summed E-state index contributed by atoms with van der Waals surface area (Å²) in [6.45, 7) is 13.8. The molecule has 0 saturated carbocycles. The number of methoxy groups -OCH3 is 1. The summed E-state index contributed by atoms with van der Waals surface area (Å²) in [7, 11) is 5.97. The van der Waals surface area contributed by atoms with Gasteiger partial charge in [-0.05, 0) is 95.2 Å². The summed E-state index contributed by atoms with van der Waals surface area (Å²) in [6.07, 6.45) is 6.64. The van der Waals surface area contributed by atoms with Crippen LogP contribution in [0.1, 0.15) is 69.8 Å². The van der Waals surface area contributed by atoms with Crippen LogP contribution in [0.5, 0.6) is 5.75 Å². The predicted molar refractivity (Wildman–Crippen MR) is 221 cm³/mol. The second kappa shape index (κ2) is 13.7. The molecule has 0 fully saturated rings. The Morgan fingerprint density at radius 2 is 1.38 bits per heavy atom. The van der Waals surface area contributed by atoms with Crippen molar-refractivity contribution in [1.82, 2.24) is 14.8 Å². The summed E-state index contributed by atoms with van der Waals surface area (Å²) in [5.41, 5.74) is 11.7. The standard InChI is InChI=1S/C47H52N4O/c1-46(2,3)31-26-27-41-36(28-31)37-29-32(47(4,5)6)30-39(45(37)51(41)33-18-11-10-12-19-33)49-38-22-15-13-20-34(38)44(48-7)42-24-17-23-40(50(42)8)35-21-14-16-25-43(35)52-9/h10-30,42,44,48-49H,1-9H3. The highest BCUT2D eigenvalue weighted by molar-refractivity contribution is 6.14. The molecule has 0 saturated heterocycles. The number of nitrogens with one attached hydrogen (secondary N) is 2. The molecule has 0 spiro atoms. The molecule has 0 radical (unpaired) electrons. The Bertz CT molecular complexity index is 2300. The fraction of sp³-hybridized carbons (Fsp3) is 0.277. The zero-order valence-corrected chi connectivity index (χ0v) is 32.1. The monoisotopic (exact) mass is 688 g/mol. The van der Waals surface area contributed by atoms with Crippen LogP contribution < -0.4 is 15.4 Å². The number of fused-ring (bicyclic) bond motifs is 3. The minimum atomic E-state index is -0.0582. The number of nitrogens with zero attached hydrogens (tertiary/aromatic N) is 2. The number of allylic oxidation sites excluding steroid dienone is 2. The first-order valence-electron chi connectivity index (χ1n) is 18.4. The van der Waals surface area contributed by atoms with Gasteiger partial charge in [-0.2, -0.15) is 0 Å². The van der Waals surface area contributed by atoms with E-state index in [0.29, 0.717) is 0 Å². The highest BCUT2D eigenvalue weighted by Crippen LogP contribution is 2.43. The van der Waals surface area contributed by atoms with Crippen molar-refractivity contribution in [2.75, 3.05) is 26.5 Å². The third kappa shape index (κ3) is 6.39. The maximum Gasteiger partial charge on any atom is 0.128 e. The first kappa shape index (κ1) is 35.2. The molecule has 266 valence electrons. The Morgan fingerprint density at radius 1 is 0.712 bits per heavy atom. The van der Waals surface area contributed by atoms with Gasteiger partial charge in [-0.1, -0.05) is 108 Å². The van der Waals surface area contributed by atoms with Gasteiger partial charge in [0.15, 0.2) is 0 Å². The van der Waals surface area contributed by atoms with Gasteiger partial charge in [0.1, 0.15) is 5.75 Å². The molecule has 0 amide bonds. The number of benzene rings is 5. The van der Waals surface area contributed by atoms with Crippen molar-refractivity contribution >= 4 is 38.9 Å². The number of rotatable bonds is 8. The Balaban J connectivity index is 1.40. The Labute approximate surface area is 309 Å². The van der Waals surface area contributed by atoms with Crippen molar-refractivity contribution in [2.24, 2.45) is 0 Å². The molecule has 0 bridgehead atoms. The van der Waals surface area contributed by atoms with E-state index in [9.17, 15) is 0 Å². The lowest BCUT2D eigenvalue weighted by Gasteiger charge is -2.38. The summed E-state index contributed by atoms with van der Waals surface area (Å²) in [4.78, 5) is 2.36. The highest BCUT2D eigenvalue weighted by atomic mass is 16.5. The highest BCUT2D eigenvalue weighted by Gasteiger charge is 2.30. The maximum atomic E-state index is 5.77. The second-order valence-electron chi connectivity index (χ2n) is 16.0. The summed E-state index contributed by atoms with van der Waals surface area (Å²) < 4.78 is 8.21. The topological polar surface area (TPSA) is 41.5 Å². The SMILES string of the molecule is CNC(c1ccccc1Nc1cc(C(C)(C)C)cc2c3cc(C(C)(C)C)ccc3n(-c3ccccc3)c12)C1C=CC=C(c2ccccc2OC)N1C. The van der Waals surface area contributed by atoms with Gasteiger partial charge in [0.25, 0.3) is 0 Å². The van der Waals surface area contributed by atoms with E-state index < -0.39 is 0 Å². The van der Waals surface area contributed by atoms with E-state index >= 15 is 0 Å². The van der Waals surface area contributed by atoms with Crippen molar-refractivity contribution in [3.63, 3.8) is 0 Å². The van der Waals surface area contributed by atoms with E-state index in [0.717, 1.165) is 34.1 Å². The van der Waals surface area contributed by atoms with Crippen LogP contribution in [0, 0.1) is 0 Å². The number of hydrogen-bond donors (Lipinski definition) is 2. The number of para-hydroxylation sites is 3. The first-order chi connectivity index (χ1) is 24.9. The van der Waals surface area contributed by atoms with Crippen LogP contribution in [0.25, 0.3) is 33.2 Å². The van der Waals surface area contributed by atoms with Crippen molar-refractivity contribution < 1.29 is 4.74 Å². The molecule has 1 aromatic heterocycles. The summed E-state index contributed by atoms with van der Waals surface area (Å²) in [5.74, 6) is 0.865. The molecule has 1 aliphatic rings. The Kier molecular flexibility index (Phi) is 9.26. The third-order valence-corrected chi connectivity index (χ3v) is 10.6. The molecule has 5 aromatic carbocycles. The average molecular weight is 689 g/mol. The number of ether oxygens (including phenoxy) is 1. The van der Waals surface area contributed by atoms with E-state index in [1.807, 2.05) is 12.1 Å². The van der Waals surface area contributed by atoms with Gasteiger partial charge < -0.3 is 24.8 Å². The molecule has 0 aliphatic carbocycles. The van der Waals surface area contributed by atoms with Crippen LogP contribution in [-0.4, -0.2) is 36.7 Å². The first-order valence-corrected chi connectivity index (χ1v) is 18.4. The molecule has 2 atom stereocenters. The quantitative estimate of drug-likeness (QED) is 0.167. The van der Waals surface area contributed by atoms with Gasteiger partial charge in [0.05, 0.1) is 35.9 Å². The third-order valence-electron chi connectivity index (χ3n) is 10.6. The minimum Gasteiger partial charge on any atom is -0.496 e. The number of aromatic nitrogens is 1. The van der Waals surface area contributed by atoms with Gasteiger partial charge in [-0.15, -0.1) is 0 Å². The fourth-order valence-electron chi connectivity index (χ4n) is 7.66. The minimum absolute atomic E-state index is 0.0148. The molecule has 1 aliphatic heterocycles. The summed E-state index contributed by atoms with van der Waals surface area (Å²) in [5, 5.41) is 10.3. The molecule has 5 nitrogen and oxygen atoms in total. The number of anilines is 2. The zero-order valence-electron chi connectivity index (χ0n) is 32.1. The van der Waals surface area contributed by atoms with Gasteiger partial charge in [0.2, 0.25) is 0 Å². The van der Waals surface area contributed by atoms with E-state index in [2.05, 4.69) is 191 Å². The van der Waals surface area contributed by atoms with Crippen LogP contribution in [0.2, 0.25) is 0 Å². The summed E-state index contributed by atoms with van der Waals surface area (Å²) >= 11 is 0. The van der Waals surface area contributed by atoms with Crippen LogP contribution >= 0.6 is 0 Å². The van der Waals surface area contributed by atoms with E-state index in [4.69, 9.17) is 4.74 Å². The molecular weight excluding hydrogens is 637 g/mol. The van der Waals surface area contributed by atoms with Crippen molar-refractivity contribution in [3.05, 3.63) is 150 Å². The largest absolute Gasteiger partial charge is 0.496 e. The van der Waals surface area contributed by atoms with Crippen molar-refractivity contribution in [3.8, 4) is 11.4 Å². The maximum absolute atomic E-state index is 5.77. The van der Waals surface area contributed by atoms with Crippen molar-refractivity contribution in [1.29, 1.82) is 0 Å². The number of hydrogen-bond acceptors (Lipinski definition) is 4. The molecule has 2 N–H and O–H groups in total. The molecule has 2 unspecified atom stereocenters. The molecule has 52 heavy (non-hydrogen) atoms. The van der Waals surface area contributed by atoms with Gasteiger partial charge in [-0.25, -0.2) is 0 Å². The lowest BCUT2D eigenvalue weighted by Crippen LogP contribution is -2.41. The van der Waals surface area contributed by atoms with Gasteiger partial charge in [-0.3, -0.25) is 0 Å². The van der Waals surface area contributed by atoms with Gasteiger partial charge in [0, 0.05) is 40.5 Å². The fourth-order valence-corrected chi connectivity index (χ4v) is 7.66. The lowest BCUT2D eigenvalue weighted by molar-refractivity contribution is 0.322. The Morgan fingerprint density at radius 3 is 2.10 bits per heavy atom. The van der Waals surface area contributed by atoms with E-state index in [1.54, 1.807) is 7.11 Å². The van der Waals surface area contributed by atoms with Crippen LogP contribution in [0.3, 0.4) is 0 Å². The Hall–Kier alpha value is -5.26. The summed E-state index contributed by atoms with van der Waals surface area (Å²) in [6, 6.07) is 39.6. The normalized spacial score (nSPS) is 15.6. The van der Waals surface area contributed by atoms with E-state index in [-0.39, 0.29) is 22.9 Å². The van der Waals surface area contributed by atoms with Crippen LogP contribution in [-0.2, 0) is 10.8 Å². The average Bonchev–Trinajstić information content (AvgIpc) is 3.47. The van der Waals surface area contributed by atoms with Crippen molar-refractivity contribution in [2.45, 2.75) is 64.5 Å². The second-order valence-corrected chi connectivity index (χ2v) is 16.0. The van der Waals surface area contributed by atoms with E-state index in [1.165, 1.54) is 38.5 Å². The molecule has 6 aromatic rings. The predicted octanol–water partition coefficient (Wildman–Crippen LogP) is 11.3. The molecule has 2 heterocycles. The lowest BCUT2D eigenvalue weighted by atomic mass is 9.84. The zero-order chi connectivity index (χ0) is 36.8. The number of likely N-dealkylation sites (N-methyl/N-ethyl adjacent to an activating group) is 2. The van der Waals surface area contributed by atoms with Crippen LogP contribution in [0.4, 0.5) is 11.4 Å². The molecule has 5 heteroatoms.